The third-order valence-corrected chi connectivity index (χ3v) is 9.62. The van der Waals surface area contributed by atoms with E-state index in [-0.39, 0.29) is 0 Å². The van der Waals surface area contributed by atoms with Gasteiger partial charge in [-0.1, -0.05) is 88.7 Å². The van der Waals surface area contributed by atoms with Crippen LogP contribution in [0.25, 0.3) is 0 Å². The fourth-order valence-electron chi connectivity index (χ4n) is 6.32. The maximum atomic E-state index is 10.5. The number of hydrogen-bond donors (Lipinski definition) is 3. The highest BCUT2D eigenvalue weighted by molar-refractivity contribution is 5.59. The summed E-state index contributed by atoms with van der Waals surface area (Å²) in [4.78, 5) is 4.68. The molecule has 49 heavy (non-hydrogen) atoms. The Morgan fingerprint density at radius 3 is 1.92 bits per heavy atom. The molecule has 3 N–H and O–H groups in total. The van der Waals surface area contributed by atoms with Gasteiger partial charge in [-0.05, 0) is 106 Å². The van der Waals surface area contributed by atoms with E-state index < -0.39 is 0 Å². The van der Waals surface area contributed by atoms with Crippen LogP contribution in [0.4, 0.5) is 5.69 Å². The minimum Gasteiger partial charge on any atom is -0.389 e. The molecule has 2 aromatic carbocycles. The topological polar surface area (TPSA) is 54.0 Å². The van der Waals surface area contributed by atoms with Crippen molar-refractivity contribution in [1.82, 2.24) is 20.6 Å². The third-order valence-electron chi connectivity index (χ3n) is 9.62. The van der Waals surface area contributed by atoms with Crippen LogP contribution in [0.2, 0.25) is 0 Å². The molecule has 2 aromatic rings. The van der Waals surface area contributed by atoms with Crippen LogP contribution < -0.4 is 15.5 Å². The summed E-state index contributed by atoms with van der Waals surface area (Å²) in [5, 5.41) is 18.7. The van der Waals surface area contributed by atoms with Crippen molar-refractivity contribution >= 4 is 5.69 Å². The van der Waals surface area contributed by atoms with Gasteiger partial charge in [0.2, 0.25) is 0 Å². The number of benzene rings is 2. The van der Waals surface area contributed by atoms with Gasteiger partial charge in [0.05, 0.1) is 0 Å². The highest BCUT2D eigenvalue weighted by Gasteiger charge is 2.19. The fourth-order valence-corrected chi connectivity index (χ4v) is 6.32. The lowest BCUT2D eigenvalue weighted by molar-refractivity contribution is -0.0589. The van der Waals surface area contributed by atoms with E-state index >= 15 is 0 Å². The molecule has 0 fully saturated rings. The Labute approximate surface area is 298 Å². The Kier molecular flexibility index (Phi) is 17.7. The van der Waals surface area contributed by atoms with Crippen molar-refractivity contribution in [1.29, 1.82) is 0 Å². The van der Waals surface area contributed by atoms with E-state index in [0.717, 1.165) is 120 Å². The molecule has 1 aliphatic heterocycles. The molecule has 3 rings (SSSR count). The Morgan fingerprint density at radius 1 is 0.673 bits per heavy atom. The highest BCUT2D eigenvalue weighted by atomic mass is 16.5. The van der Waals surface area contributed by atoms with Gasteiger partial charge < -0.3 is 20.4 Å². The van der Waals surface area contributed by atoms with Gasteiger partial charge in [-0.2, -0.15) is 0 Å². The van der Waals surface area contributed by atoms with Crippen molar-refractivity contribution in [2.75, 3.05) is 38.1 Å². The quantitative estimate of drug-likeness (QED) is 0.0724. The van der Waals surface area contributed by atoms with Crippen molar-refractivity contribution in [3.63, 3.8) is 0 Å². The number of hydroxylamine groups is 2. The molecular weight excluding hydrogens is 603 g/mol. The molecule has 0 bridgehead atoms. The predicted molar refractivity (Wildman–Crippen MR) is 210 cm³/mol. The van der Waals surface area contributed by atoms with Gasteiger partial charge in [-0.3, -0.25) is 10.3 Å². The highest BCUT2D eigenvalue weighted by Crippen LogP contribution is 2.32. The van der Waals surface area contributed by atoms with Gasteiger partial charge in [0, 0.05) is 73.9 Å². The number of nitrogens with one attached hydrogen (secondary N) is 2. The second-order valence-electron chi connectivity index (χ2n) is 13.7. The molecule has 1 heterocycles. The molecule has 6 heteroatoms. The third kappa shape index (κ3) is 14.2. The average molecular weight is 668 g/mol. The molecule has 0 unspecified atom stereocenters. The largest absolute Gasteiger partial charge is 0.389 e. The van der Waals surface area contributed by atoms with E-state index in [1.54, 1.807) is 0 Å². The molecule has 0 atom stereocenters. The van der Waals surface area contributed by atoms with Crippen LogP contribution in [-0.4, -0.2) is 48.4 Å². The number of unbranched alkanes of at least 4 members (excludes halogenated alkanes) is 4. The van der Waals surface area contributed by atoms with Gasteiger partial charge >= 0.3 is 0 Å². The van der Waals surface area contributed by atoms with Crippen molar-refractivity contribution in [2.45, 2.75) is 103 Å². The van der Waals surface area contributed by atoms with Crippen molar-refractivity contribution in [2.24, 2.45) is 0 Å². The van der Waals surface area contributed by atoms with Crippen LogP contribution in [0.5, 0.6) is 0 Å². The predicted octanol–water partition coefficient (Wildman–Crippen LogP) is 9.86. The Morgan fingerprint density at radius 2 is 1.24 bits per heavy atom. The number of fused-ring (bicyclic) bond motifs is 2. The van der Waals surface area contributed by atoms with Gasteiger partial charge in [0.1, 0.15) is 0 Å². The van der Waals surface area contributed by atoms with Crippen molar-refractivity contribution in [3.8, 4) is 0 Å². The summed E-state index contributed by atoms with van der Waals surface area (Å²) >= 11 is 0. The summed E-state index contributed by atoms with van der Waals surface area (Å²) in [6, 6.07) is 17.6. The molecule has 0 saturated carbocycles. The zero-order valence-electron chi connectivity index (χ0n) is 30.9. The standard InChI is InChI=1S/C43H65N5O/c1-8-19-37(4)46(7)32-17-9-15-30-45-36(3)25-27-39(6)48(49)33-18-10-16-31-44-35(2)24-26-38(5)47-34-42-22-12-11-20-40(42)28-29-41-21-13-14-23-43(41)47/h11-14,20-23,44-45,49H,2-6,8-10,15-19,24-34H2,1,7H3. The molecule has 0 radical (unpaired) electrons. The summed E-state index contributed by atoms with van der Waals surface area (Å²) < 4.78 is 0. The summed E-state index contributed by atoms with van der Waals surface area (Å²) in [5.41, 5.74) is 10.6. The maximum absolute atomic E-state index is 10.5. The van der Waals surface area contributed by atoms with Crippen LogP contribution in [0.3, 0.4) is 0 Å². The number of anilines is 1. The Hall–Kier alpha value is -3.90. The molecule has 1 aliphatic rings. The Bertz CT molecular complexity index is 1360. The number of aryl methyl sites for hydroxylation is 2. The first-order chi connectivity index (χ1) is 23.7. The minimum absolute atomic E-state index is 0.596. The molecule has 0 aromatic heterocycles. The number of para-hydroxylation sites is 1. The summed E-state index contributed by atoms with van der Waals surface area (Å²) in [6.07, 6.45) is 14.0. The lowest BCUT2D eigenvalue weighted by Crippen LogP contribution is -2.25. The first kappa shape index (κ1) is 39.5. The second kappa shape index (κ2) is 21.9. The lowest BCUT2D eigenvalue weighted by atomic mass is 9.95. The summed E-state index contributed by atoms with van der Waals surface area (Å²) in [6.45, 7) is 27.8. The average Bonchev–Trinajstić information content (AvgIpc) is 3.09. The maximum Gasteiger partial charge on any atom is 0.0481 e. The van der Waals surface area contributed by atoms with Crippen LogP contribution in [0.15, 0.2) is 110 Å². The second-order valence-corrected chi connectivity index (χ2v) is 13.7. The van der Waals surface area contributed by atoms with Crippen LogP contribution in [0.1, 0.15) is 101 Å². The van der Waals surface area contributed by atoms with Gasteiger partial charge in [0.25, 0.3) is 0 Å². The molecular formula is C43H65N5O. The molecule has 0 aliphatic carbocycles. The zero-order chi connectivity index (χ0) is 35.4. The smallest absolute Gasteiger partial charge is 0.0481 e. The lowest BCUT2D eigenvalue weighted by Gasteiger charge is -2.32. The summed E-state index contributed by atoms with van der Waals surface area (Å²) in [5.74, 6) is 0. The summed E-state index contributed by atoms with van der Waals surface area (Å²) in [7, 11) is 2.14. The monoisotopic (exact) mass is 668 g/mol. The number of allylic oxidation sites excluding steroid dienone is 5. The molecule has 0 spiro atoms. The van der Waals surface area contributed by atoms with Gasteiger partial charge in [0.15, 0.2) is 0 Å². The van der Waals surface area contributed by atoms with Gasteiger partial charge in [-0.15, -0.1) is 0 Å². The molecule has 6 nitrogen and oxygen atoms in total. The van der Waals surface area contributed by atoms with E-state index in [0.29, 0.717) is 13.0 Å². The number of hydrogen-bond acceptors (Lipinski definition) is 6. The number of nitrogens with zero attached hydrogens (tertiary/aromatic N) is 3. The first-order valence-electron chi connectivity index (χ1n) is 18.7. The SMILES string of the molecule is C=C(CCC(=C)N(O)CCCCCNC(=C)CCC(=C)N1Cc2ccccc2CCc2ccccc21)NCCCCCN(C)C(=C)CCC. The van der Waals surface area contributed by atoms with E-state index in [4.69, 9.17) is 0 Å². The Balaban J connectivity index is 1.23. The molecule has 0 amide bonds. The first-order valence-corrected chi connectivity index (χ1v) is 18.7. The molecule has 0 saturated heterocycles. The van der Waals surface area contributed by atoms with E-state index in [2.05, 4.69) is 116 Å². The van der Waals surface area contributed by atoms with E-state index in [1.807, 2.05) is 0 Å². The van der Waals surface area contributed by atoms with Crippen LogP contribution in [0, 0.1) is 0 Å². The van der Waals surface area contributed by atoms with Crippen molar-refractivity contribution < 1.29 is 5.21 Å². The fraction of sp³-hybridized carbons (Fsp3) is 0.488. The van der Waals surface area contributed by atoms with E-state index in [1.165, 1.54) is 46.0 Å². The van der Waals surface area contributed by atoms with Crippen molar-refractivity contribution in [3.05, 3.63) is 127 Å². The minimum atomic E-state index is 0.596. The molecule has 268 valence electrons. The normalized spacial score (nSPS) is 12.2. The van der Waals surface area contributed by atoms with Crippen LogP contribution >= 0.6 is 0 Å². The van der Waals surface area contributed by atoms with Gasteiger partial charge in [-0.25, -0.2) is 0 Å². The van der Waals surface area contributed by atoms with Crippen LogP contribution in [-0.2, 0) is 19.4 Å². The van der Waals surface area contributed by atoms with E-state index in [9.17, 15) is 5.21 Å². The zero-order valence-corrected chi connectivity index (χ0v) is 30.9. The number of rotatable bonds is 25.